The van der Waals surface area contributed by atoms with Crippen LogP contribution in [0.4, 0.5) is 0 Å². The Morgan fingerprint density at radius 2 is 2.06 bits per heavy atom. The lowest BCUT2D eigenvalue weighted by Gasteiger charge is -2.24. The van der Waals surface area contributed by atoms with Crippen LogP contribution in [0.25, 0.3) is 0 Å². The number of hydrogen-bond donors (Lipinski definition) is 1. The molecular weight excluding hydrogens is 269 g/mol. The summed E-state index contributed by atoms with van der Waals surface area (Å²) in [6.45, 7) is 1.74. The molecule has 1 unspecified atom stereocenters. The van der Waals surface area contributed by atoms with Crippen molar-refractivity contribution in [3.05, 3.63) is 63.9 Å². The van der Waals surface area contributed by atoms with E-state index in [1.54, 1.807) is 43.6 Å². The lowest BCUT2D eigenvalue weighted by Crippen LogP contribution is -2.24. The van der Waals surface area contributed by atoms with E-state index in [0.717, 1.165) is 11.1 Å². The first-order chi connectivity index (χ1) is 8.49. The van der Waals surface area contributed by atoms with Gasteiger partial charge in [-0.05, 0) is 36.8 Å². The minimum absolute atomic E-state index is 0.387. The van der Waals surface area contributed by atoms with E-state index in [0.29, 0.717) is 16.5 Å². The smallest absolute Gasteiger partial charge is 0.0924 e. The zero-order valence-electron chi connectivity index (χ0n) is 9.90. The maximum absolute atomic E-state index is 10.5. The summed E-state index contributed by atoms with van der Waals surface area (Å²) < 4.78 is 0. The number of rotatable bonds is 3. The maximum atomic E-state index is 10.5. The normalized spacial score (nSPS) is 14.2. The van der Waals surface area contributed by atoms with Gasteiger partial charge in [0, 0.05) is 34.4 Å². The van der Waals surface area contributed by atoms with Crippen LogP contribution in [0.3, 0.4) is 0 Å². The average Bonchev–Trinajstić information content (AvgIpc) is 2.35. The lowest BCUT2D eigenvalue weighted by atomic mass is 9.90. The number of halogens is 2. The fraction of sp³-hybridized carbons (Fsp3) is 0.214. The van der Waals surface area contributed by atoms with Gasteiger partial charge in [0.05, 0.1) is 5.60 Å². The van der Waals surface area contributed by atoms with Crippen molar-refractivity contribution in [1.29, 1.82) is 0 Å². The first kappa shape index (κ1) is 13.3. The van der Waals surface area contributed by atoms with Crippen molar-refractivity contribution in [3.63, 3.8) is 0 Å². The summed E-state index contributed by atoms with van der Waals surface area (Å²) in [6, 6.07) is 8.87. The Hall–Kier alpha value is -1.09. The molecule has 1 aromatic heterocycles. The third kappa shape index (κ3) is 3.02. The van der Waals surface area contributed by atoms with Crippen LogP contribution in [-0.2, 0) is 12.0 Å². The highest BCUT2D eigenvalue weighted by Crippen LogP contribution is 2.29. The summed E-state index contributed by atoms with van der Waals surface area (Å²) in [5, 5.41) is 11.7. The van der Waals surface area contributed by atoms with Crippen LogP contribution in [0.5, 0.6) is 0 Å². The first-order valence-corrected chi connectivity index (χ1v) is 6.31. The summed E-state index contributed by atoms with van der Waals surface area (Å²) in [4.78, 5) is 4.01. The Morgan fingerprint density at radius 1 is 1.28 bits per heavy atom. The van der Waals surface area contributed by atoms with Crippen LogP contribution in [-0.4, -0.2) is 10.1 Å². The van der Waals surface area contributed by atoms with Crippen molar-refractivity contribution in [2.75, 3.05) is 0 Å². The van der Waals surface area contributed by atoms with Crippen LogP contribution in [0.15, 0.2) is 42.7 Å². The van der Waals surface area contributed by atoms with Gasteiger partial charge in [0.25, 0.3) is 0 Å². The van der Waals surface area contributed by atoms with Crippen LogP contribution in [0.2, 0.25) is 10.0 Å². The highest BCUT2D eigenvalue weighted by atomic mass is 35.5. The number of nitrogens with zero attached hydrogens (tertiary/aromatic N) is 1. The van der Waals surface area contributed by atoms with Crippen molar-refractivity contribution in [1.82, 2.24) is 4.98 Å². The molecule has 0 aliphatic rings. The van der Waals surface area contributed by atoms with Gasteiger partial charge in [-0.1, -0.05) is 29.3 Å². The second kappa shape index (κ2) is 5.27. The molecule has 4 heteroatoms. The molecule has 0 saturated heterocycles. The maximum Gasteiger partial charge on any atom is 0.0924 e. The summed E-state index contributed by atoms with van der Waals surface area (Å²) in [5.41, 5.74) is 0.543. The van der Waals surface area contributed by atoms with E-state index in [-0.39, 0.29) is 0 Å². The minimum Gasteiger partial charge on any atom is -0.385 e. The molecule has 1 heterocycles. The average molecular weight is 282 g/mol. The SMILES string of the molecule is CC(O)(Cc1cc(Cl)ccc1Cl)c1cccnc1. The number of pyridine rings is 1. The Kier molecular flexibility index (Phi) is 3.91. The molecule has 0 bridgehead atoms. The monoisotopic (exact) mass is 281 g/mol. The third-order valence-electron chi connectivity index (χ3n) is 2.83. The fourth-order valence-electron chi connectivity index (χ4n) is 1.83. The van der Waals surface area contributed by atoms with Crippen molar-refractivity contribution in [2.24, 2.45) is 0 Å². The molecule has 1 atom stereocenters. The van der Waals surface area contributed by atoms with Gasteiger partial charge < -0.3 is 5.11 Å². The zero-order chi connectivity index (χ0) is 13.2. The van der Waals surface area contributed by atoms with Crippen molar-refractivity contribution in [2.45, 2.75) is 18.9 Å². The first-order valence-electron chi connectivity index (χ1n) is 5.56. The van der Waals surface area contributed by atoms with Crippen molar-refractivity contribution in [3.8, 4) is 0 Å². The number of aromatic nitrogens is 1. The predicted octanol–water partition coefficient (Wildman–Crippen LogP) is 3.84. The predicted molar refractivity (Wildman–Crippen MR) is 74.0 cm³/mol. The zero-order valence-corrected chi connectivity index (χ0v) is 11.4. The molecule has 2 nitrogen and oxygen atoms in total. The molecule has 18 heavy (non-hydrogen) atoms. The van der Waals surface area contributed by atoms with Crippen LogP contribution in [0.1, 0.15) is 18.1 Å². The molecule has 0 fully saturated rings. The van der Waals surface area contributed by atoms with Crippen molar-refractivity contribution >= 4 is 23.2 Å². The van der Waals surface area contributed by atoms with E-state index < -0.39 is 5.60 Å². The second-order valence-corrected chi connectivity index (χ2v) is 5.27. The molecule has 2 aromatic rings. The van der Waals surface area contributed by atoms with Gasteiger partial charge in [-0.25, -0.2) is 0 Å². The van der Waals surface area contributed by atoms with Crippen LogP contribution < -0.4 is 0 Å². The third-order valence-corrected chi connectivity index (χ3v) is 3.43. The Balaban J connectivity index is 2.30. The molecule has 0 radical (unpaired) electrons. The summed E-state index contributed by atoms with van der Waals surface area (Å²) in [7, 11) is 0. The molecule has 0 saturated carbocycles. The Bertz CT molecular complexity index is 541. The molecule has 0 aliphatic heterocycles. The van der Waals surface area contributed by atoms with Crippen LogP contribution in [0, 0.1) is 0 Å². The summed E-state index contributed by atoms with van der Waals surface area (Å²) >= 11 is 12.0. The number of aliphatic hydroxyl groups is 1. The van der Waals surface area contributed by atoms with Crippen LogP contribution >= 0.6 is 23.2 Å². The van der Waals surface area contributed by atoms with E-state index in [1.807, 2.05) is 6.07 Å². The minimum atomic E-state index is -1.03. The van der Waals surface area contributed by atoms with E-state index >= 15 is 0 Å². The molecule has 1 N–H and O–H groups in total. The second-order valence-electron chi connectivity index (χ2n) is 4.43. The molecule has 0 spiro atoms. The van der Waals surface area contributed by atoms with E-state index in [9.17, 15) is 5.11 Å². The fourth-order valence-corrected chi connectivity index (χ4v) is 2.21. The summed E-state index contributed by atoms with van der Waals surface area (Å²) in [6.07, 6.45) is 3.71. The van der Waals surface area contributed by atoms with E-state index in [2.05, 4.69) is 4.98 Å². The number of hydrogen-bond acceptors (Lipinski definition) is 2. The lowest BCUT2D eigenvalue weighted by molar-refractivity contribution is 0.0573. The van der Waals surface area contributed by atoms with Gasteiger partial charge in [0.2, 0.25) is 0 Å². The molecule has 94 valence electrons. The van der Waals surface area contributed by atoms with E-state index in [4.69, 9.17) is 23.2 Å². The van der Waals surface area contributed by atoms with Gasteiger partial charge in [-0.15, -0.1) is 0 Å². The van der Waals surface area contributed by atoms with Gasteiger partial charge in [-0.2, -0.15) is 0 Å². The molecule has 1 aromatic carbocycles. The highest BCUT2D eigenvalue weighted by molar-refractivity contribution is 6.33. The number of benzene rings is 1. The molecule has 2 rings (SSSR count). The van der Waals surface area contributed by atoms with E-state index in [1.165, 1.54) is 0 Å². The topological polar surface area (TPSA) is 33.1 Å². The van der Waals surface area contributed by atoms with Gasteiger partial charge >= 0.3 is 0 Å². The Labute approximate surface area is 116 Å². The molecule has 0 amide bonds. The standard InChI is InChI=1S/C14H13Cl2NO/c1-14(18,11-3-2-6-17-9-11)8-10-7-12(15)4-5-13(10)16/h2-7,9,18H,8H2,1H3. The Morgan fingerprint density at radius 3 is 2.72 bits per heavy atom. The summed E-state index contributed by atoms with van der Waals surface area (Å²) in [5.74, 6) is 0. The van der Waals surface area contributed by atoms with Gasteiger partial charge in [0.15, 0.2) is 0 Å². The van der Waals surface area contributed by atoms with Gasteiger partial charge in [0.1, 0.15) is 0 Å². The highest BCUT2D eigenvalue weighted by Gasteiger charge is 2.24. The molecular formula is C14H13Cl2NO. The quantitative estimate of drug-likeness (QED) is 0.927. The molecule has 0 aliphatic carbocycles. The van der Waals surface area contributed by atoms with Crippen molar-refractivity contribution < 1.29 is 5.11 Å². The largest absolute Gasteiger partial charge is 0.385 e. The van der Waals surface area contributed by atoms with Gasteiger partial charge in [-0.3, -0.25) is 4.98 Å².